The van der Waals surface area contributed by atoms with E-state index in [0.29, 0.717) is 12.1 Å². The molecule has 0 unspecified atom stereocenters. The molecule has 3 N–H and O–H groups in total. The number of anilines is 2. The monoisotopic (exact) mass is 367 g/mol. The predicted molar refractivity (Wildman–Crippen MR) is 111 cm³/mol. The number of hydrogen-bond acceptors (Lipinski definition) is 6. The Labute approximate surface area is 161 Å². The van der Waals surface area contributed by atoms with Gasteiger partial charge in [0.05, 0.1) is 5.52 Å². The molecule has 0 bridgehead atoms. The molecule has 0 saturated heterocycles. The third kappa shape index (κ3) is 3.01. The summed E-state index contributed by atoms with van der Waals surface area (Å²) in [6.07, 6.45) is 1.58. The first-order valence-electron chi connectivity index (χ1n) is 8.95. The van der Waals surface area contributed by atoms with Crippen LogP contribution in [0.2, 0.25) is 0 Å². The number of rotatable bonds is 4. The number of nitrogens with one attached hydrogen (secondary N) is 1. The normalized spacial score (nSPS) is 11.1. The van der Waals surface area contributed by atoms with Crippen molar-refractivity contribution in [2.45, 2.75) is 6.54 Å². The lowest BCUT2D eigenvalue weighted by atomic mass is 10.0. The fourth-order valence-corrected chi connectivity index (χ4v) is 3.28. The van der Waals surface area contributed by atoms with Gasteiger partial charge in [-0.15, -0.1) is 0 Å². The lowest BCUT2D eigenvalue weighted by molar-refractivity contribution is 0.626. The molecule has 6 heteroatoms. The first-order chi connectivity index (χ1) is 13.8. The van der Waals surface area contributed by atoms with Gasteiger partial charge in [-0.1, -0.05) is 42.5 Å². The van der Waals surface area contributed by atoms with Crippen LogP contribution in [0.4, 0.5) is 11.8 Å². The molecule has 0 radical (unpaired) electrons. The molecule has 6 nitrogen and oxygen atoms in total. The second kappa shape index (κ2) is 6.66. The molecule has 0 amide bonds. The van der Waals surface area contributed by atoms with E-state index in [1.807, 2.05) is 48.5 Å². The molecule has 0 fully saturated rings. The zero-order valence-corrected chi connectivity index (χ0v) is 15.0. The summed E-state index contributed by atoms with van der Waals surface area (Å²) >= 11 is 0. The lowest BCUT2D eigenvalue weighted by Crippen LogP contribution is -2.02. The van der Waals surface area contributed by atoms with Gasteiger partial charge in [-0.25, -0.2) is 9.97 Å². The summed E-state index contributed by atoms with van der Waals surface area (Å²) < 4.78 is 5.36. The van der Waals surface area contributed by atoms with Crippen LogP contribution in [0.25, 0.3) is 33.1 Å². The number of hydrogen-bond donors (Lipinski definition) is 2. The van der Waals surface area contributed by atoms with Gasteiger partial charge >= 0.3 is 0 Å². The first-order valence-corrected chi connectivity index (χ1v) is 8.95. The van der Waals surface area contributed by atoms with Gasteiger partial charge in [0, 0.05) is 11.9 Å². The fourth-order valence-electron chi connectivity index (χ4n) is 3.28. The van der Waals surface area contributed by atoms with Crippen molar-refractivity contribution < 1.29 is 4.42 Å². The maximum atomic E-state index is 5.65. The fraction of sp³-hybridized carbons (Fsp3) is 0.0455. The Hall–Kier alpha value is -3.93. The third-order valence-corrected chi connectivity index (χ3v) is 4.68. The van der Waals surface area contributed by atoms with E-state index >= 15 is 0 Å². The lowest BCUT2D eigenvalue weighted by Gasteiger charge is -2.10. The second-order valence-electron chi connectivity index (χ2n) is 6.53. The van der Waals surface area contributed by atoms with E-state index in [-0.39, 0.29) is 6.01 Å². The van der Waals surface area contributed by atoms with E-state index < -0.39 is 0 Å². The van der Waals surface area contributed by atoms with Gasteiger partial charge in [-0.05, 0) is 41.0 Å². The van der Waals surface area contributed by atoms with Crippen molar-refractivity contribution in [1.82, 2.24) is 15.0 Å². The standard InChI is InChI=1S/C22H17N5O/c23-22-27-19-11-16(7-9-20(19)28-22)15-6-8-18-17(10-15)21(26-13-25-18)24-12-14-4-2-1-3-5-14/h1-11,13H,12H2,(H2,23,27)(H,24,25,26). The van der Waals surface area contributed by atoms with E-state index in [2.05, 4.69) is 38.5 Å². The van der Waals surface area contributed by atoms with Crippen molar-refractivity contribution in [3.63, 3.8) is 0 Å². The average molecular weight is 367 g/mol. The average Bonchev–Trinajstić information content (AvgIpc) is 3.11. The quantitative estimate of drug-likeness (QED) is 0.481. The van der Waals surface area contributed by atoms with E-state index in [4.69, 9.17) is 10.2 Å². The maximum Gasteiger partial charge on any atom is 0.292 e. The van der Waals surface area contributed by atoms with Gasteiger partial charge in [-0.2, -0.15) is 4.98 Å². The molecule has 2 heterocycles. The Morgan fingerprint density at radius 3 is 2.57 bits per heavy atom. The highest BCUT2D eigenvalue weighted by molar-refractivity contribution is 5.93. The molecule has 0 saturated carbocycles. The third-order valence-electron chi connectivity index (χ3n) is 4.68. The van der Waals surface area contributed by atoms with E-state index in [9.17, 15) is 0 Å². The molecule has 136 valence electrons. The van der Waals surface area contributed by atoms with Crippen LogP contribution in [-0.4, -0.2) is 15.0 Å². The van der Waals surface area contributed by atoms with E-state index in [1.165, 1.54) is 5.56 Å². The van der Waals surface area contributed by atoms with Crippen molar-refractivity contribution in [3.05, 3.63) is 78.6 Å². The number of oxazole rings is 1. The van der Waals surface area contributed by atoms with Crippen molar-refractivity contribution in [1.29, 1.82) is 0 Å². The minimum Gasteiger partial charge on any atom is -0.424 e. The highest BCUT2D eigenvalue weighted by Crippen LogP contribution is 2.29. The molecule has 0 aliphatic rings. The number of nitrogens with two attached hydrogens (primary N) is 1. The molecular weight excluding hydrogens is 350 g/mol. The molecule has 3 aromatic carbocycles. The molecule has 5 rings (SSSR count). The molecule has 28 heavy (non-hydrogen) atoms. The minimum absolute atomic E-state index is 0.173. The largest absolute Gasteiger partial charge is 0.424 e. The Morgan fingerprint density at radius 2 is 1.68 bits per heavy atom. The van der Waals surface area contributed by atoms with Crippen molar-refractivity contribution in [2.24, 2.45) is 0 Å². The molecular formula is C22H17N5O. The summed E-state index contributed by atoms with van der Waals surface area (Å²) in [6, 6.07) is 22.4. The molecule has 2 aromatic heterocycles. The van der Waals surface area contributed by atoms with Crippen LogP contribution in [0.3, 0.4) is 0 Å². The van der Waals surface area contributed by atoms with Crippen LogP contribution in [0.5, 0.6) is 0 Å². The topological polar surface area (TPSA) is 89.9 Å². The van der Waals surface area contributed by atoms with Crippen LogP contribution < -0.4 is 11.1 Å². The van der Waals surface area contributed by atoms with Gasteiger partial charge in [0.15, 0.2) is 5.58 Å². The van der Waals surface area contributed by atoms with E-state index in [1.54, 1.807) is 6.33 Å². The maximum absolute atomic E-state index is 5.65. The van der Waals surface area contributed by atoms with Gasteiger partial charge in [0.25, 0.3) is 6.01 Å². The highest BCUT2D eigenvalue weighted by Gasteiger charge is 2.09. The Bertz CT molecular complexity index is 1280. The van der Waals surface area contributed by atoms with Crippen LogP contribution >= 0.6 is 0 Å². The van der Waals surface area contributed by atoms with Crippen molar-refractivity contribution in [3.8, 4) is 11.1 Å². The SMILES string of the molecule is Nc1nc2cc(-c3ccc4ncnc(NCc5ccccc5)c4c3)ccc2o1. The summed E-state index contributed by atoms with van der Waals surface area (Å²) in [7, 11) is 0. The summed E-state index contributed by atoms with van der Waals surface area (Å²) in [5.41, 5.74) is 11.2. The number of nitrogen functional groups attached to an aromatic ring is 1. The minimum atomic E-state index is 0.173. The smallest absolute Gasteiger partial charge is 0.292 e. The number of fused-ring (bicyclic) bond motifs is 2. The number of nitrogens with zero attached hydrogens (tertiary/aromatic N) is 3. The summed E-state index contributed by atoms with van der Waals surface area (Å²) in [6.45, 7) is 0.696. The zero-order chi connectivity index (χ0) is 18.9. The van der Waals surface area contributed by atoms with Gasteiger partial charge < -0.3 is 15.5 Å². The first kappa shape index (κ1) is 16.3. The molecule has 0 atom stereocenters. The van der Waals surface area contributed by atoms with Gasteiger partial charge in [0.2, 0.25) is 0 Å². The number of aromatic nitrogens is 3. The van der Waals surface area contributed by atoms with Gasteiger partial charge in [-0.3, -0.25) is 0 Å². The molecule has 0 spiro atoms. The molecule has 5 aromatic rings. The summed E-state index contributed by atoms with van der Waals surface area (Å²) in [5.74, 6) is 0.808. The van der Waals surface area contributed by atoms with Crippen LogP contribution in [0.1, 0.15) is 5.56 Å². The molecule has 0 aliphatic heterocycles. The van der Waals surface area contributed by atoms with Crippen LogP contribution in [0, 0.1) is 0 Å². The Morgan fingerprint density at radius 1 is 0.857 bits per heavy atom. The zero-order valence-electron chi connectivity index (χ0n) is 15.0. The molecule has 0 aliphatic carbocycles. The Kier molecular flexibility index (Phi) is 3.87. The van der Waals surface area contributed by atoms with Gasteiger partial charge in [0.1, 0.15) is 17.7 Å². The van der Waals surface area contributed by atoms with E-state index in [0.717, 1.165) is 33.4 Å². The summed E-state index contributed by atoms with van der Waals surface area (Å²) in [5, 5.41) is 4.39. The van der Waals surface area contributed by atoms with Crippen LogP contribution in [-0.2, 0) is 6.54 Å². The Balaban J connectivity index is 1.53. The number of benzene rings is 3. The van der Waals surface area contributed by atoms with Crippen LogP contribution in [0.15, 0.2) is 77.5 Å². The summed E-state index contributed by atoms with van der Waals surface area (Å²) in [4.78, 5) is 13.1. The van der Waals surface area contributed by atoms with Crippen molar-refractivity contribution in [2.75, 3.05) is 11.1 Å². The predicted octanol–water partition coefficient (Wildman–Crippen LogP) is 4.63. The second-order valence-corrected chi connectivity index (χ2v) is 6.53. The van der Waals surface area contributed by atoms with Crippen molar-refractivity contribution >= 4 is 33.8 Å². The highest BCUT2D eigenvalue weighted by atomic mass is 16.4.